The second-order valence-electron chi connectivity index (χ2n) is 4.18. The minimum atomic E-state index is 0.188. The number of benzene rings is 1. The number of rotatable bonds is 4. The van der Waals surface area contributed by atoms with Gasteiger partial charge in [0, 0.05) is 28.1 Å². The van der Waals surface area contributed by atoms with E-state index in [1.54, 1.807) is 0 Å². The van der Waals surface area contributed by atoms with Gasteiger partial charge in [0.1, 0.15) is 0 Å². The Hall–Kier alpha value is -0.0900. The molecule has 1 rings (SSSR count). The van der Waals surface area contributed by atoms with Crippen molar-refractivity contribution < 1.29 is 0 Å². The lowest BCUT2D eigenvalue weighted by atomic mass is 10.0. The van der Waals surface area contributed by atoms with E-state index in [-0.39, 0.29) is 6.04 Å². The Kier molecular flexibility index (Phi) is 5.25. The molecular weight excluding hydrogens is 288 g/mol. The molecule has 2 N–H and O–H groups in total. The van der Waals surface area contributed by atoms with Crippen molar-refractivity contribution in [3.63, 3.8) is 0 Å². The van der Waals surface area contributed by atoms with Crippen molar-refractivity contribution in [3.8, 4) is 0 Å². The van der Waals surface area contributed by atoms with Gasteiger partial charge in [0.25, 0.3) is 0 Å². The minimum absolute atomic E-state index is 0.188. The molecule has 0 aliphatic carbocycles. The maximum Gasteiger partial charge on any atom is 0.0481 e. The quantitative estimate of drug-likeness (QED) is 0.923. The van der Waals surface area contributed by atoms with Crippen LogP contribution in [0.4, 0.5) is 0 Å². The second kappa shape index (κ2) is 6.01. The number of hydrogen-bond acceptors (Lipinski definition) is 2. The van der Waals surface area contributed by atoms with E-state index in [0.29, 0.717) is 12.6 Å². The summed E-state index contributed by atoms with van der Waals surface area (Å²) in [7, 11) is 2.08. The number of hydrogen-bond donors (Lipinski definition) is 1. The molecular formula is C12H18BrClN2. The molecule has 1 unspecified atom stereocenters. The van der Waals surface area contributed by atoms with Gasteiger partial charge in [-0.3, -0.25) is 4.90 Å². The summed E-state index contributed by atoms with van der Waals surface area (Å²) in [5.41, 5.74) is 7.00. The lowest BCUT2D eigenvalue weighted by molar-refractivity contribution is 0.200. The molecule has 90 valence electrons. The van der Waals surface area contributed by atoms with Crippen molar-refractivity contribution in [2.45, 2.75) is 25.9 Å². The van der Waals surface area contributed by atoms with Crippen LogP contribution in [0.1, 0.15) is 25.5 Å². The number of nitrogens with zero attached hydrogens (tertiary/aromatic N) is 1. The molecule has 1 aromatic rings. The van der Waals surface area contributed by atoms with E-state index < -0.39 is 0 Å². The van der Waals surface area contributed by atoms with Crippen LogP contribution in [-0.2, 0) is 0 Å². The number of likely N-dealkylation sites (N-methyl/N-ethyl adjacent to an activating group) is 1. The predicted molar refractivity (Wildman–Crippen MR) is 73.8 cm³/mol. The van der Waals surface area contributed by atoms with Crippen LogP contribution in [0, 0.1) is 0 Å². The van der Waals surface area contributed by atoms with Crippen molar-refractivity contribution >= 4 is 27.5 Å². The molecule has 0 saturated heterocycles. The summed E-state index contributed by atoms with van der Waals surface area (Å²) >= 11 is 9.57. The van der Waals surface area contributed by atoms with Gasteiger partial charge in [-0.1, -0.05) is 27.5 Å². The predicted octanol–water partition coefficient (Wildman–Crippen LogP) is 3.44. The van der Waals surface area contributed by atoms with Gasteiger partial charge >= 0.3 is 0 Å². The zero-order chi connectivity index (χ0) is 12.3. The molecule has 0 aromatic heterocycles. The summed E-state index contributed by atoms with van der Waals surface area (Å²) in [5, 5.41) is 0.744. The Balaban J connectivity index is 3.07. The molecule has 0 spiro atoms. The van der Waals surface area contributed by atoms with E-state index in [9.17, 15) is 0 Å². The molecule has 0 bridgehead atoms. The van der Waals surface area contributed by atoms with Gasteiger partial charge in [0.2, 0.25) is 0 Å². The van der Waals surface area contributed by atoms with E-state index in [2.05, 4.69) is 41.7 Å². The zero-order valence-corrected chi connectivity index (χ0v) is 12.2. The van der Waals surface area contributed by atoms with Crippen molar-refractivity contribution in [1.29, 1.82) is 0 Å². The monoisotopic (exact) mass is 304 g/mol. The Labute approximate surface area is 111 Å². The minimum Gasteiger partial charge on any atom is -0.329 e. The average molecular weight is 306 g/mol. The number of nitrogens with two attached hydrogens (primary N) is 1. The summed E-state index contributed by atoms with van der Waals surface area (Å²) in [6.07, 6.45) is 0. The summed E-state index contributed by atoms with van der Waals surface area (Å²) in [5.74, 6) is 0. The normalized spacial score (nSPS) is 13.5. The van der Waals surface area contributed by atoms with Crippen LogP contribution < -0.4 is 5.73 Å². The molecule has 0 fully saturated rings. The van der Waals surface area contributed by atoms with Crippen molar-refractivity contribution in [2.75, 3.05) is 13.6 Å². The lowest BCUT2D eigenvalue weighted by Crippen LogP contribution is -2.35. The zero-order valence-electron chi connectivity index (χ0n) is 9.87. The fourth-order valence-electron chi connectivity index (χ4n) is 1.64. The van der Waals surface area contributed by atoms with Crippen LogP contribution in [0.15, 0.2) is 22.7 Å². The van der Waals surface area contributed by atoms with E-state index >= 15 is 0 Å². The van der Waals surface area contributed by atoms with Crippen LogP contribution in [0.5, 0.6) is 0 Å². The number of halogens is 2. The molecule has 1 aromatic carbocycles. The van der Waals surface area contributed by atoms with Gasteiger partial charge in [0.05, 0.1) is 0 Å². The van der Waals surface area contributed by atoms with E-state index in [1.807, 2.05) is 18.2 Å². The van der Waals surface area contributed by atoms with Gasteiger partial charge in [-0.15, -0.1) is 0 Å². The van der Waals surface area contributed by atoms with Crippen LogP contribution in [0.2, 0.25) is 5.02 Å². The molecule has 0 saturated carbocycles. The molecule has 16 heavy (non-hydrogen) atoms. The first-order valence-corrected chi connectivity index (χ1v) is 6.51. The Morgan fingerprint density at radius 1 is 1.44 bits per heavy atom. The largest absolute Gasteiger partial charge is 0.329 e. The molecule has 0 aliphatic rings. The first-order chi connectivity index (χ1) is 7.47. The maximum absolute atomic E-state index is 6.02. The van der Waals surface area contributed by atoms with Gasteiger partial charge in [0.15, 0.2) is 0 Å². The van der Waals surface area contributed by atoms with Crippen LogP contribution in [-0.4, -0.2) is 24.5 Å². The van der Waals surface area contributed by atoms with E-state index in [1.165, 1.54) is 0 Å². The fraction of sp³-hybridized carbons (Fsp3) is 0.500. The molecule has 2 nitrogen and oxygen atoms in total. The summed E-state index contributed by atoms with van der Waals surface area (Å²) in [6.45, 7) is 4.88. The van der Waals surface area contributed by atoms with Crippen LogP contribution >= 0.6 is 27.5 Å². The molecule has 0 aliphatic heterocycles. The van der Waals surface area contributed by atoms with Gasteiger partial charge in [-0.25, -0.2) is 0 Å². The molecule has 0 heterocycles. The summed E-state index contributed by atoms with van der Waals surface area (Å²) in [6, 6.07) is 6.45. The maximum atomic E-state index is 6.02. The van der Waals surface area contributed by atoms with Gasteiger partial charge in [-0.2, -0.15) is 0 Å². The van der Waals surface area contributed by atoms with Crippen molar-refractivity contribution in [3.05, 3.63) is 33.3 Å². The second-order valence-corrected chi connectivity index (χ2v) is 5.47. The molecule has 1 atom stereocenters. The van der Waals surface area contributed by atoms with Gasteiger partial charge in [-0.05, 0) is 44.7 Å². The van der Waals surface area contributed by atoms with E-state index in [0.717, 1.165) is 15.1 Å². The van der Waals surface area contributed by atoms with E-state index in [4.69, 9.17) is 17.3 Å². The third kappa shape index (κ3) is 3.20. The molecule has 4 heteroatoms. The molecule has 0 radical (unpaired) electrons. The lowest BCUT2D eigenvalue weighted by Gasteiger charge is -2.31. The SMILES string of the molecule is CC(C)N(C)C(CN)c1cc(Cl)ccc1Br. The third-order valence-corrected chi connectivity index (χ3v) is 3.80. The highest BCUT2D eigenvalue weighted by Crippen LogP contribution is 2.30. The smallest absolute Gasteiger partial charge is 0.0481 e. The average Bonchev–Trinajstić information content (AvgIpc) is 2.23. The highest BCUT2D eigenvalue weighted by atomic mass is 79.9. The first-order valence-electron chi connectivity index (χ1n) is 5.34. The summed E-state index contributed by atoms with van der Waals surface area (Å²) in [4.78, 5) is 2.25. The Morgan fingerprint density at radius 2 is 2.06 bits per heavy atom. The van der Waals surface area contributed by atoms with Crippen LogP contribution in [0.3, 0.4) is 0 Å². The summed E-state index contributed by atoms with van der Waals surface area (Å²) < 4.78 is 1.06. The highest BCUT2D eigenvalue weighted by molar-refractivity contribution is 9.10. The topological polar surface area (TPSA) is 29.3 Å². The Bertz CT molecular complexity index is 355. The van der Waals surface area contributed by atoms with Crippen molar-refractivity contribution in [2.24, 2.45) is 5.73 Å². The van der Waals surface area contributed by atoms with Crippen LogP contribution in [0.25, 0.3) is 0 Å². The van der Waals surface area contributed by atoms with Gasteiger partial charge < -0.3 is 5.73 Å². The molecule has 0 amide bonds. The third-order valence-electron chi connectivity index (χ3n) is 2.85. The Morgan fingerprint density at radius 3 is 2.56 bits per heavy atom. The first kappa shape index (κ1) is 14.0. The standard InChI is InChI=1S/C12H18BrClN2/c1-8(2)16(3)12(7-15)10-6-9(14)4-5-11(10)13/h4-6,8,12H,7,15H2,1-3H3. The fourth-order valence-corrected chi connectivity index (χ4v) is 2.33. The highest BCUT2D eigenvalue weighted by Gasteiger charge is 2.20. The van der Waals surface area contributed by atoms with Crippen molar-refractivity contribution in [1.82, 2.24) is 4.90 Å².